The first kappa shape index (κ1) is 24.0. The number of benzene rings is 2. The molecule has 0 saturated carbocycles. The molecule has 0 atom stereocenters. The Kier molecular flexibility index (Phi) is 7.49. The molecule has 0 unspecified atom stereocenters. The first-order valence-corrected chi connectivity index (χ1v) is 8.58. The molecule has 14 heteroatoms. The van der Waals surface area contributed by atoms with Crippen molar-refractivity contribution in [3.63, 3.8) is 0 Å². The quantitative estimate of drug-likeness (QED) is 0.247. The maximum atomic E-state index is 12.4. The van der Waals surface area contributed by atoms with Gasteiger partial charge in [-0.2, -0.15) is 26.3 Å². The summed E-state index contributed by atoms with van der Waals surface area (Å²) in [6.45, 7) is -3.35. The van der Waals surface area contributed by atoms with Gasteiger partial charge in [0, 0.05) is 41.7 Å². The molecule has 0 fully saturated rings. The number of nitro benzene ring substituents is 1. The third-order valence-electron chi connectivity index (χ3n) is 3.26. The molecule has 0 spiro atoms. The highest BCUT2D eigenvalue weighted by Crippen LogP contribution is 2.29. The summed E-state index contributed by atoms with van der Waals surface area (Å²) >= 11 is 5.03. The molecule has 0 radical (unpaired) electrons. The van der Waals surface area contributed by atoms with Crippen LogP contribution in [0.3, 0.4) is 0 Å². The molecule has 0 aromatic heterocycles. The van der Waals surface area contributed by atoms with E-state index >= 15 is 0 Å². The van der Waals surface area contributed by atoms with Gasteiger partial charge in [0.05, 0.1) is 4.92 Å². The minimum Gasteiger partial charge on any atom is -0.484 e. The summed E-state index contributed by atoms with van der Waals surface area (Å²) in [6, 6.07) is 8.25. The van der Waals surface area contributed by atoms with Crippen LogP contribution in [0.25, 0.3) is 0 Å². The van der Waals surface area contributed by atoms with E-state index in [1.807, 2.05) is 0 Å². The average molecular weight is 469 g/mol. The van der Waals surface area contributed by atoms with Gasteiger partial charge < -0.3 is 20.1 Å². The maximum absolute atomic E-state index is 12.4. The molecule has 2 N–H and O–H groups in total. The van der Waals surface area contributed by atoms with E-state index in [0.29, 0.717) is 0 Å². The van der Waals surface area contributed by atoms with Crippen LogP contribution in [0.5, 0.6) is 11.5 Å². The number of alkyl halides is 6. The molecule has 168 valence electrons. The third kappa shape index (κ3) is 8.94. The number of ether oxygens (including phenoxy) is 2. The second-order valence-electron chi connectivity index (χ2n) is 5.89. The van der Waals surface area contributed by atoms with E-state index < -0.39 is 42.0 Å². The predicted octanol–water partition coefficient (Wildman–Crippen LogP) is 5.29. The van der Waals surface area contributed by atoms with Crippen LogP contribution in [0.15, 0.2) is 42.5 Å². The standard InChI is InChI=1S/C17H13F6N3O4S/c18-16(19,20)8-29-13-5-11(6-14(7-13)30-9-17(21,22)23)25-15(31)24-10-2-1-3-12(4-10)26(27)28/h1-7H,8-9H2,(H2,24,25,31). The Bertz CT molecular complexity index is 916. The van der Waals surface area contributed by atoms with E-state index in [1.54, 1.807) is 0 Å². The van der Waals surface area contributed by atoms with Crippen LogP contribution >= 0.6 is 12.2 Å². The molecule has 0 aliphatic heterocycles. The van der Waals surface area contributed by atoms with Gasteiger partial charge in [0.1, 0.15) is 11.5 Å². The highest BCUT2D eigenvalue weighted by atomic mass is 32.1. The van der Waals surface area contributed by atoms with Crippen LogP contribution in [-0.2, 0) is 0 Å². The van der Waals surface area contributed by atoms with E-state index in [0.717, 1.165) is 18.2 Å². The van der Waals surface area contributed by atoms with Crippen LogP contribution in [0.1, 0.15) is 0 Å². The molecule has 7 nitrogen and oxygen atoms in total. The number of hydrogen-bond acceptors (Lipinski definition) is 5. The summed E-state index contributed by atoms with van der Waals surface area (Å²) in [4.78, 5) is 10.2. The zero-order valence-electron chi connectivity index (χ0n) is 15.2. The number of nitrogens with zero attached hydrogens (tertiary/aromatic N) is 1. The molecule has 2 aromatic carbocycles. The highest BCUT2D eigenvalue weighted by molar-refractivity contribution is 7.80. The first-order chi connectivity index (χ1) is 14.3. The SMILES string of the molecule is O=[N+]([O-])c1cccc(NC(=S)Nc2cc(OCC(F)(F)F)cc(OCC(F)(F)F)c2)c1. The highest BCUT2D eigenvalue weighted by Gasteiger charge is 2.30. The zero-order chi connectivity index (χ0) is 23.2. The van der Waals surface area contributed by atoms with E-state index in [-0.39, 0.29) is 22.2 Å². The minimum atomic E-state index is -4.67. The van der Waals surface area contributed by atoms with Crippen molar-refractivity contribution in [2.45, 2.75) is 12.4 Å². The van der Waals surface area contributed by atoms with Crippen LogP contribution in [-0.4, -0.2) is 35.6 Å². The fourth-order valence-corrected chi connectivity index (χ4v) is 2.37. The fraction of sp³-hybridized carbons (Fsp3) is 0.235. The number of non-ortho nitro benzene ring substituents is 1. The second-order valence-corrected chi connectivity index (χ2v) is 6.30. The van der Waals surface area contributed by atoms with Crippen molar-refractivity contribution in [1.29, 1.82) is 0 Å². The lowest BCUT2D eigenvalue weighted by Gasteiger charge is -2.16. The number of rotatable bonds is 7. The topological polar surface area (TPSA) is 85.7 Å². The minimum absolute atomic E-state index is 0.0419. The number of thiocarbonyl (C=S) groups is 1. The van der Waals surface area contributed by atoms with E-state index in [4.69, 9.17) is 12.2 Å². The van der Waals surface area contributed by atoms with Gasteiger partial charge in [-0.25, -0.2) is 0 Å². The average Bonchev–Trinajstić information content (AvgIpc) is 2.63. The molecule has 2 aromatic rings. The first-order valence-electron chi connectivity index (χ1n) is 8.17. The molecule has 0 heterocycles. The maximum Gasteiger partial charge on any atom is 0.422 e. The summed E-state index contributed by atoms with van der Waals surface area (Å²) in [6.07, 6.45) is -9.34. The lowest BCUT2D eigenvalue weighted by molar-refractivity contribution is -0.384. The summed E-state index contributed by atoms with van der Waals surface area (Å²) in [5.41, 5.74) is -0.0392. The van der Waals surface area contributed by atoms with Crippen molar-refractivity contribution in [3.05, 3.63) is 52.6 Å². The number of nitro groups is 1. The summed E-state index contributed by atoms with van der Waals surface area (Å²) in [7, 11) is 0. The van der Waals surface area contributed by atoms with Crippen molar-refractivity contribution in [2.75, 3.05) is 23.8 Å². The largest absolute Gasteiger partial charge is 0.484 e. The van der Waals surface area contributed by atoms with Gasteiger partial charge in [-0.1, -0.05) is 6.07 Å². The van der Waals surface area contributed by atoms with Crippen LogP contribution in [0, 0.1) is 10.1 Å². The molecule has 0 aliphatic carbocycles. The Balaban J connectivity index is 2.17. The summed E-state index contributed by atoms with van der Waals surface area (Å²) in [5.74, 6) is -0.838. The fourth-order valence-electron chi connectivity index (χ4n) is 2.13. The van der Waals surface area contributed by atoms with Gasteiger partial charge in [0.15, 0.2) is 18.3 Å². The van der Waals surface area contributed by atoms with E-state index in [2.05, 4.69) is 20.1 Å². The number of hydrogen-bond donors (Lipinski definition) is 2. The Hall–Kier alpha value is -3.29. The van der Waals surface area contributed by atoms with Gasteiger partial charge in [0.25, 0.3) is 5.69 Å². The van der Waals surface area contributed by atoms with Crippen molar-refractivity contribution < 1.29 is 40.7 Å². The summed E-state index contributed by atoms with van der Waals surface area (Å²) < 4.78 is 83.5. The van der Waals surface area contributed by atoms with Crippen molar-refractivity contribution >= 4 is 34.4 Å². The number of nitrogens with one attached hydrogen (secondary N) is 2. The Labute approximate surface area is 176 Å². The van der Waals surface area contributed by atoms with Crippen molar-refractivity contribution in [2.24, 2.45) is 0 Å². The molecule has 0 aliphatic rings. The van der Waals surface area contributed by atoms with Gasteiger partial charge in [-0.15, -0.1) is 0 Å². The molecular formula is C17H13F6N3O4S. The van der Waals surface area contributed by atoms with E-state index in [1.165, 1.54) is 24.3 Å². The van der Waals surface area contributed by atoms with Crippen molar-refractivity contribution in [3.8, 4) is 11.5 Å². The van der Waals surface area contributed by atoms with Crippen LogP contribution in [0.4, 0.5) is 43.4 Å². The van der Waals surface area contributed by atoms with E-state index in [9.17, 15) is 36.5 Å². The summed E-state index contributed by atoms with van der Waals surface area (Å²) in [5, 5.41) is 15.8. The monoisotopic (exact) mass is 469 g/mol. The Morgan fingerprint density at radius 1 is 0.903 bits per heavy atom. The molecule has 0 bridgehead atoms. The van der Waals surface area contributed by atoms with Crippen LogP contribution < -0.4 is 20.1 Å². The van der Waals surface area contributed by atoms with Gasteiger partial charge in [-0.3, -0.25) is 10.1 Å². The molecule has 0 amide bonds. The van der Waals surface area contributed by atoms with Gasteiger partial charge in [-0.05, 0) is 18.3 Å². The lowest BCUT2D eigenvalue weighted by atomic mass is 10.2. The normalized spacial score (nSPS) is 11.5. The lowest BCUT2D eigenvalue weighted by Crippen LogP contribution is -2.21. The second kappa shape index (κ2) is 9.68. The third-order valence-corrected chi connectivity index (χ3v) is 3.46. The predicted molar refractivity (Wildman–Crippen MR) is 102 cm³/mol. The van der Waals surface area contributed by atoms with Crippen molar-refractivity contribution in [1.82, 2.24) is 0 Å². The van der Waals surface area contributed by atoms with Gasteiger partial charge >= 0.3 is 12.4 Å². The molecular weight excluding hydrogens is 456 g/mol. The smallest absolute Gasteiger partial charge is 0.422 e. The Morgan fingerprint density at radius 3 is 1.90 bits per heavy atom. The van der Waals surface area contributed by atoms with Gasteiger partial charge in [0.2, 0.25) is 0 Å². The van der Waals surface area contributed by atoms with Crippen LogP contribution in [0.2, 0.25) is 0 Å². The molecule has 31 heavy (non-hydrogen) atoms. The zero-order valence-corrected chi connectivity index (χ0v) is 16.0. The molecule has 0 saturated heterocycles. The number of halogens is 6. The number of anilines is 2. The molecule has 2 rings (SSSR count). The Morgan fingerprint density at radius 2 is 1.42 bits per heavy atom.